The molecule has 0 amide bonds. The van der Waals surface area contributed by atoms with Crippen LogP contribution in [0.1, 0.15) is 30.7 Å². The van der Waals surface area contributed by atoms with Gasteiger partial charge in [-0.15, -0.1) is 0 Å². The maximum Gasteiger partial charge on any atom is 0.267 e. The van der Waals surface area contributed by atoms with Crippen LogP contribution in [0, 0.1) is 19.7 Å². The van der Waals surface area contributed by atoms with Crippen molar-refractivity contribution in [2.24, 2.45) is 0 Å². The molecule has 6 nitrogen and oxygen atoms in total. The standard InChI is InChI=1S/C16H20FN3O3S/c1-11-16(12(2)23-18-11)24(21,22)19-14-10-13(17)6-7-15(14)20-8-4-3-5-9-20/h6-7,10,19H,3-5,8-9H2,1-2H3. The van der Waals surface area contributed by atoms with Crippen molar-refractivity contribution in [3.63, 3.8) is 0 Å². The highest BCUT2D eigenvalue weighted by Crippen LogP contribution is 2.32. The smallest absolute Gasteiger partial charge is 0.267 e. The number of sulfonamides is 1. The van der Waals surface area contributed by atoms with Crippen LogP contribution in [0.2, 0.25) is 0 Å². The third-order valence-corrected chi connectivity index (χ3v) is 5.75. The highest BCUT2D eigenvalue weighted by atomic mass is 32.2. The second-order valence-electron chi connectivity index (χ2n) is 5.97. The van der Waals surface area contributed by atoms with Crippen LogP contribution in [-0.4, -0.2) is 26.7 Å². The minimum atomic E-state index is -3.91. The van der Waals surface area contributed by atoms with Gasteiger partial charge in [-0.1, -0.05) is 5.16 Å². The third-order valence-electron chi connectivity index (χ3n) is 4.14. The average molecular weight is 353 g/mol. The van der Waals surface area contributed by atoms with Crippen LogP contribution in [0.5, 0.6) is 0 Å². The van der Waals surface area contributed by atoms with Gasteiger partial charge in [-0.2, -0.15) is 0 Å². The minimum absolute atomic E-state index is 0.00337. The predicted octanol–water partition coefficient (Wildman–Crippen LogP) is 3.22. The van der Waals surface area contributed by atoms with Crippen molar-refractivity contribution in [3.8, 4) is 0 Å². The van der Waals surface area contributed by atoms with Crippen molar-refractivity contribution >= 4 is 21.4 Å². The number of aromatic nitrogens is 1. The quantitative estimate of drug-likeness (QED) is 0.913. The van der Waals surface area contributed by atoms with Crippen molar-refractivity contribution < 1.29 is 17.3 Å². The molecule has 130 valence electrons. The molecule has 2 heterocycles. The van der Waals surface area contributed by atoms with Gasteiger partial charge < -0.3 is 9.42 Å². The number of anilines is 2. The molecule has 24 heavy (non-hydrogen) atoms. The number of rotatable bonds is 4. The molecule has 2 aromatic rings. The van der Waals surface area contributed by atoms with Crippen molar-refractivity contribution in [3.05, 3.63) is 35.5 Å². The van der Waals surface area contributed by atoms with Gasteiger partial charge in [-0.3, -0.25) is 4.72 Å². The number of piperidine rings is 1. The lowest BCUT2D eigenvalue weighted by Crippen LogP contribution is -2.30. The van der Waals surface area contributed by atoms with Gasteiger partial charge in [0.05, 0.1) is 11.4 Å². The maximum atomic E-state index is 13.7. The van der Waals surface area contributed by atoms with E-state index in [0.717, 1.165) is 32.4 Å². The Hall–Kier alpha value is -2.09. The van der Waals surface area contributed by atoms with E-state index in [0.29, 0.717) is 5.69 Å². The summed E-state index contributed by atoms with van der Waals surface area (Å²) in [7, 11) is -3.91. The highest BCUT2D eigenvalue weighted by Gasteiger charge is 2.26. The molecule has 1 aromatic heterocycles. The number of hydrogen-bond acceptors (Lipinski definition) is 5. The zero-order chi connectivity index (χ0) is 17.3. The van der Waals surface area contributed by atoms with Crippen molar-refractivity contribution in [1.29, 1.82) is 0 Å². The Morgan fingerprint density at radius 2 is 1.92 bits per heavy atom. The summed E-state index contributed by atoms with van der Waals surface area (Å²) in [5.74, 6) is -0.289. The first-order valence-corrected chi connectivity index (χ1v) is 9.37. The number of hydrogen-bond donors (Lipinski definition) is 1. The molecule has 1 N–H and O–H groups in total. The molecule has 1 saturated heterocycles. The monoisotopic (exact) mass is 353 g/mol. The molecule has 0 atom stereocenters. The van der Waals surface area contributed by atoms with Gasteiger partial charge in [-0.25, -0.2) is 12.8 Å². The third kappa shape index (κ3) is 3.24. The molecule has 1 fully saturated rings. The molecule has 1 aromatic carbocycles. The first kappa shape index (κ1) is 16.8. The molecule has 1 aliphatic rings. The second kappa shape index (κ2) is 6.43. The summed E-state index contributed by atoms with van der Waals surface area (Å²) < 4.78 is 46.5. The van der Waals surface area contributed by atoms with E-state index in [1.54, 1.807) is 13.0 Å². The number of nitrogens with zero attached hydrogens (tertiary/aromatic N) is 2. The van der Waals surface area contributed by atoms with E-state index in [1.807, 2.05) is 0 Å². The molecule has 3 rings (SSSR count). The zero-order valence-corrected chi connectivity index (χ0v) is 14.5. The first-order chi connectivity index (χ1) is 11.4. The molecule has 0 radical (unpaired) electrons. The van der Waals surface area contributed by atoms with Crippen molar-refractivity contribution in [1.82, 2.24) is 5.16 Å². The van der Waals surface area contributed by atoms with Gasteiger partial charge in [0.25, 0.3) is 10.0 Å². The SMILES string of the molecule is Cc1noc(C)c1S(=O)(=O)Nc1cc(F)ccc1N1CCCCC1. The lowest BCUT2D eigenvalue weighted by atomic mass is 10.1. The van der Waals surface area contributed by atoms with E-state index in [1.165, 1.54) is 19.1 Å². The van der Waals surface area contributed by atoms with Gasteiger partial charge in [0.2, 0.25) is 0 Å². The van der Waals surface area contributed by atoms with Crippen molar-refractivity contribution in [2.75, 3.05) is 22.7 Å². The van der Waals surface area contributed by atoms with Crippen LogP contribution < -0.4 is 9.62 Å². The maximum absolute atomic E-state index is 13.7. The van der Waals surface area contributed by atoms with Crippen LogP contribution in [0.3, 0.4) is 0 Å². The molecule has 0 spiro atoms. The summed E-state index contributed by atoms with van der Waals surface area (Å²) in [6.07, 6.45) is 3.22. The molecule has 0 unspecified atom stereocenters. The molecule has 0 aliphatic carbocycles. The van der Waals surface area contributed by atoms with Crippen LogP contribution in [-0.2, 0) is 10.0 Å². The number of aryl methyl sites for hydroxylation is 2. The van der Waals surface area contributed by atoms with Crippen LogP contribution in [0.25, 0.3) is 0 Å². The largest absolute Gasteiger partial charge is 0.370 e. The Morgan fingerprint density at radius 1 is 1.21 bits per heavy atom. The average Bonchev–Trinajstić information content (AvgIpc) is 2.87. The topological polar surface area (TPSA) is 75.4 Å². The fraction of sp³-hybridized carbons (Fsp3) is 0.438. The fourth-order valence-electron chi connectivity index (χ4n) is 3.05. The minimum Gasteiger partial charge on any atom is -0.370 e. The molecule has 0 bridgehead atoms. The molecular formula is C16H20FN3O3S. The molecule has 1 aliphatic heterocycles. The normalized spacial score (nSPS) is 15.5. The van der Waals surface area contributed by atoms with Crippen LogP contribution in [0.15, 0.2) is 27.6 Å². The Bertz CT molecular complexity index is 823. The lowest BCUT2D eigenvalue weighted by Gasteiger charge is -2.30. The van der Waals surface area contributed by atoms with E-state index < -0.39 is 15.8 Å². The van der Waals surface area contributed by atoms with Gasteiger partial charge in [0.1, 0.15) is 11.5 Å². The number of halogens is 1. The fourth-order valence-corrected chi connectivity index (χ4v) is 4.45. The zero-order valence-electron chi connectivity index (χ0n) is 13.7. The molecular weight excluding hydrogens is 333 g/mol. The Morgan fingerprint density at radius 3 is 2.54 bits per heavy atom. The number of nitrogens with one attached hydrogen (secondary N) is 1. The summed E-state index contributed by atoms with van der Waals surface area (Å²) in [6.45, 7) is 4.74. The van der Waals surface area contributed by atoms with Gasteiger partial charge in [0.15, 0.2) is 10.7 Å². The van der Waals surface area contributed by atoms with Gasteiger partial charge in [0, 0.05) is 19.2 Å². The first-order valence-electron chi connectivity index (χ1n) is 7.88. The van der Waals surface area contributed by atoms with Gasteiger partial charge in [-0.05, 0) is 45.2 Å². The number of benzene rings is 1. The van der Waals surface area contributed by atoms with E-state index in [2.05, 4.69) is 14.8 Å². The summed E-state index contributed by atoms with van der Waals surface area (Å²) >= 11 is 0. The summed E-state index contributed by atoms with van der Waals surface area (Å²) in [4.78, 5) is 2.07. The highest BCUT2D eigenvalue weighted by molar-refractivity contribution is 7.92. The van der Waals surface area contributed by atoms with E-state index in [4.69, 9.17) is 4.52 Å². The van der Waals surface area contributed by atoms with Crippen LogP contribution in [0.4, 0.5) is 15.8 Å². The van der Waals surface area contributed by atoms with E-state index >= 15 is 0 Å². The van der Waals surface area contributed by atoms with Crippen LogP contribution >= 0.6 is 0 Å². The molecule has 0 saturated carbocycles. The van der Waals surface area contributed by atoms with Crippen molar-refractivity contribution in [2.45, 2.75) is 38.0 Å². The van der Waals surface area contributed by atoms with E-state index in [-0.39, 0.29) is 22.0 Å². The second-order valence-corrected chi connectivity index (χ2v) is 7.59. The predicted molar refractivity (Wildman–Crippen MR) is 89.2 cm³/mol. The van der Waals surface area contributed by atoms with Gasteiger partial charge >= 0.3 is 0 Å². The summed E-state index contributed by atoms with van der Waals surface area (Å²) in [6, 6.07) is 4.17. The Kier molecular flexibility index (Phi) is 4.49. The lowest BCUT2D eigenvalue weighted by molar-refractivity contribution is 0.390. The Balaban J connectivity index is 1.98. The van der Waals surface area contributed by atoms with E-state index in [9.17, 15) is 12.8 Å². The summed E-state index contributed by atoms with van der Waals surface area (Å²) in [5.41, 5.74) is 1.19. The molecule has 8 heteroatoms. The summed E-state index contributed by atoms with van der Waals surface area (Å²) in [5, 5.41) is 3.68. The Labute approximate surface area is 140 Å².